The van der Waals surface area contributed by atoms with E-state index in [-0.39, 0.29) is 5.91 Å². The standard InChI is InChI=1S/C25H28Cl2N2O3/c1-17(2)29(15-18-5-4-6-21(13-18)31-3)16-22-9-10-24(32-22)25(30)28-12-11-19-7-8-20(26)14-23(19)27/h4-10,13-14,17H,11-12,15-16H2,1-3H3,(H,28,30). The molecule has 5 nitrogen and oxygen atoms in total. The van der Waals surface area contributed by atoms with Crippen molar-refractivity contribution in [3.05, 3.63) is 87.3 Å². The quantitative estimate of drug-likeness (QED) is 0.392. The van der Waals surface area contributed by atoms with E-state index in [1.165, 1.54) is 0 Å². The van der Waals surface area contributed by atoms with E-state index in [0.717, 1.165) is 29.2 Å². The molecule has 0 atom stereocenters. The summed E-state index contributed by atoms with van der Waals surface area (Å²) in [4.78, 5) is 14.8. The first kappa shape index (κ1) is 24.2. The highest BCUT2D eigenvalue weighted by Crippen LogP contribution is 2.21. The lowest BCUT2D eigenvalue weighted by molar-refractivity contribution is 0.0921. The smallest absolute Gasteiger partial charge is 0.287 e. The summed E-state index contributed by atoms with van der Waals surface area (Å²) in [5.74, 6) is 1.63. The molecular formula is C25H28Cl2N2O3. The Morgan fingerprint density at radius 1 is 1.09 bits per heavy atom. The number of amides is 1. The second kappa shape index (κ2) is 11.4. The zero-order valence-corrected chi connectivity index (χ0v) is 20.0. The Morgan fingerprint density at radius 2 is 1.91 bits per heavy atom. The first-order valence-electron chi connectivity index (χ1n) is 10.5. The maximum absolute atomic E-state index is 12.5. The van der Waals surface area contributed by atoms with E-state index in [9.17, 15) is 4.79 Å². The minimum Gasteiger partial charge on any atom is -0.497 e. The van der Waals surface area contributed by atoms with Gasteiger partial charge in [-0.15, -0.1) is 0 Å². The third kappa shape index (κ3) is 6.76. The fourth-order valence-corrected chi connectivity index (χ4v) is 3.84. The zero-order valence-electron chi connectivity index (χ0n) is 18.5. The molecule has 0 aliphatic carbocycles. The van der Waals surface area contributed by atoms with Crippen LogP contribution in [0.5, 0.6) is 5.75 Å². The van der Waals surface area contributed by atoms with E-state index < -0.39 is 0 Å². The van der Waals surface area contributed by atoms with Crippen molar-refractivity contribution in [2.75, 3.05) is 13.7 Å². The summed E-state index contributed by atoms with van der Waals surface area (Å²) < 4.78 is 11.2. The summed E-state index contributed by atoms with van der Waals surface area (Å²) in [6.07, 6.45) is 0.608. The number of hydrogen-bond acceptors (Lipinski definition) is 4. The monoisotopic (exact) mass is 474 g/mol. The Bertz CT molecular complexity index is 1050. The molecule has 1 aromatic heterocycles. The van der Waals surface area contributed by atoms with Gasteiger partial charge in [0, 0.05) is 29.2 Å². The molecule has 0 aliphatic rings. The molecule has 0 aliphatic heterocycles. The molecule has 0 spiro atoms. The molecule has 170 valence electrons. The topological polar surface area (TPSA) is 54.7 Å². The highest BCUT2D eigenvalue weighted by atomic mass is 35.5. The van der Waals surface area contributed by atoms with E-state index in [2.05, 4.69) is 30.1 Å². The predicted octanol–water partition coefficient (Wildman–Crippen LogP) is 5.98. The van der Waals surface area contributed by atoms with Crippen LogP contribution < -0.4 is 10.1 Å². The van der Waals surface area contributed by atoms with Crippen LogP contribution in [0.4, 0.5) is 0 Å². The van der Waals surface area contributed by atoms with Crippen LogP contribution in [0.1, 0.15) is 41.3 Å². The number of benzene rings is 2. The van der Waals surface area contributed by atoms with Crippen LogP contribution in [0.2, 0.25) is 10.0 Å². The van der Waals surface area contributed by atoms with Crippen LogP contribution in [-0.4, -0.2) is 30.5 Å². The summed E-state index contributed by atoms with van der Waals surface area (Å²) in [6.45, 7) is 6.07. The van der Waals surface area contributed by atoms with Crippen molar-refractivity contribution in [2.24, 2.45) is 0 Å². The molecule has 3 aromatic rings. The number of carbonyl (C=O) groups excluding carboxylic acids is 1. The van der Waals surface area contributed by atoms with Gasteiger partial charge in [0.2, 0.25) is 0 Å². The second-order valence-electron chi connectivity index (χ2n) is 7.86. The maximum atomic E-state index is 12.5. The van der Waals surface area contributed by atoms with Crippen LogP contribution in [0.25, 0.3) is 0 Å². The average Bonchev–Trinajstić information content (AvgIpc) is 3.23. The summed E-state index contributed by atoms with van der Waals surface area (Å²) in [5, 5.41) is 4.06. The number of nitrogens with zero attached hydrogens (tertiary/aromatic N) is 1. The van der Waals surface area contributed by atoms with Crippen molar-refractivity contribution < 1.29 is 13.9 Å². The largest absolute Gasteiger partial charge is 0.497 e. The molecule has 2 aromatic carbocycles. The van der Waals surface area contributed by atoms with E-state index >= 15 is 0 Å². The average molecular weight is 475 g/mol. The van der Waals surface area contributed by atoms with E-state index in [4.69, 9.17) is 32.4 Å². The van der Waals surface area contributed by atoms with Gasteiger partial charge in [0.1, 0.15) is 11.5 Å². The maximum Gasteiger partial charge on any atom is 0.287 e. The number of hydrogen-bond donors (Lipinski definition) is 1. The lowest BCUT2D eigenvalue weighted by Crippen LogP contribution is -2.29. The van der Waals surface area contributed by atoms with Gasteiger partial charge >= 0.3 is 0 Å². The third-order valence-corrected chi connectivity index (χ3v) is 5.78. The van der Waals surface area contributed by atoms with Gasteiger partial charge in [-0.2, -0.15) is 0 Å². The molecule has 1 heterocycles. The normalized spacial score (nSPS) is 11.2. The molecule has 1 N–H and O–H groups in total. The summed E-state index contributed by atoms with van der Waals surface area (Å²) >= 11 is 12.1. The fourth-order valence-electron chi connectivity index (χ4n) is 3.33. The number of furan rings is 1. The van der Waals surface area contributed by atoms with Gasteiger partial charge in [0.05, 0.1) is 13.7 Å². The van der Waals surface area contributed by atoms with Gasteiger partial charge in [0.15, 0.2) is 5.76 Å². The number of nitrogens with one attached hydrogen (secondary N) is 1. The fraction of sp³-hybridized carbons (Fsp3) is 0.320. The van der Waals surface area contributed by atoms with Gasteiger partial charge in [-0.05, 0) is 67.8 Å². The lowest BCUT2D eigenvalue weighted by atomic mass is 10.1. The minimum atomic E-state index is -0.245. The van der Waals surface area contributed by atoms with Crippen LogP contribution in [0, 0.1) is 0 Å². The zero-order chi connectivity index (χ0) is 23.1. The predicted molar refractivity (Wildman–Crippen MR) is 129 cm³/mol. The van der Waals surface area contributed by atoms with Crippen molar-refractivity contribution in [3.63, 3.8) is 0 Å². The van der Waals surface area contributed by atoms with Crippen LogP contribution in [-0.2, 0) is 19.5 Å². The molecule has 0 radical (unpaired) electrons. The molecular weight excluding hydrogens is 447 g/mol. The molecule has 0 saturated carbocycles. The number of rotatable bonds is 10. The summed E-state index contributed by atoms with van der Waals surface area (Å²) in [7, 11) is 1.67. The second-order valence-corrected chi connectivity index (χ2v) is 8.70. The van der Waals surface area contributed by atoms with E-state index in [1.807, 2.05) is 30.3 Å². The molecule has 0 fully saturated rings. The number of ether oxygens (including phenoxy) is 1. The Balaban J connectivity index is 1.56. The van der Waals surface area contributed by atoms with Gasteiger partial charge in [-0.1, -0.05) is 41.4 Å². The summed E-state index contributed by atoms with van der Waals surface area (Å²) in [6, 6.07) is 17.2. The van der Waals surface area contributed by atoms with Crippen LogP contribution >= 0.6 is 23.2 Å². The Kier molecular flexibility index (Phi) is 8.62. The number of carbonyl (C=O) groups is 1. The highest BCUT2D eigenvalue weighted by molar-refractivity contribution is 6.35. The minimum absolute atomic E-state index is 0.245. The molecule has 0 bridgehead atoms. The first-order chi connectivity index (χ1) is 15.4. The number of methoxy groups -OCH3 is 1. The van der Waals surface area contributed by atoms with E-state index in [1.54, 1.807) is 25.3 Å². The summed E-state index contributed by atoms with van der Waals surface area (Å²) in [5.41, 5.74) is 2.09. The molecule has 3 rings (SSSR count). The molecule has 0 unspecified atom stereocenters. The van der Waals surface area contributed by atoms with Gasteiger partial charge in [-0.25, -0.2) is 0 Å². The molecule has 7 heteroatoms. The lowest BCUT2D eigenvalue weighted by Gasteiger charge is -2.25. The molecule has 32 heavy (non-hydrogen) atoms. The van der Waals surface area contributed by atoms with Crippen molar-refractivity contribution >= 4 is 29.1 Å². The Hall–Kier alpha value is -2.47. The van der Waals surface area contributed by atoms with E-state index in [0.29, 0.717) is 41.4 Å². The SMILES string of the molecule is COc1cccc(CN(Cc2ccc(C(=O)NCCc3ccc(Cl)cc3Cl)o2)C(C)C)c1. The first-order valence-corrected chi connectivity index (χ1v) is 11.3. The van der Waals surface area contributed by atoms with Gasteiger partial charge in [0.25, 0.3) is 5.91 Å². The van der Waals surface area contributed by atoms with Crippen molar-refractivity contribution in [3.8, 4) is 5.75 Å². The number of halogens is 2. The highest BCUT2D eigenvalue weighted by Gasteiger charge is 2.16. The van der Waals surface area contributed by atoms with Gasteiger partial charge < -0.3 is 14.5 Å². The van der Waals surface area contributed by atoms with Crippen molar-refractivity contribution in [2.45, 2.75) is 39.4 Å². The molecule has 1 amide bonds. The Labute approximate surface area is 199 Å². The van der Waals surface area contributed by atoms with Crippen molar-refractivity contribution in [1.29, 1.82) is 0 Å². The molecule has 0 saturated heterocycles. The van der Waals surface area contributed by atoms with Crippen LogP contribution in [0.15, 0.2) is 59.0 Å². The third-order valence-electron chi connectivity index (χ3n) is 5.19. The van der Waals surface area contributed by atoms with Crippen LogP contribution in [0.3, 0.4) is 0 Å². The van der Waals surface area contributed by atoms with Crippen molar-refractivity contribution in [1.82, 2.24) is 10.2 Å². The Morgan fingerprint density at radius 3 is 2.62 bits per heavy atom. The van der Waals surface area contributed by atoms with Gasteiger partial charge in [-0.3, -0.25) is 9.69 Å².